The van der Waals surface area contributed by atoms with E-state index in [1.807, 2.05) is 31.4 Å². The molecule has 6 heteroatoms. The molecule has 3 heterocycles. The summed E-state index contributed by atoms with van der Waals surface area (Å²) in [6, 6.07) is 5.75. The minimum Gasteiger partial charge on any atom is -0.364 e. The van der Waals surface area contributed by atoms with Crippen molar-refractivity contribution in [1.29, 1.82) is 0 Å². The second-order valence-corrected chi connectivity index (χ2v) is 3.93. The van der Waals surface area contributed by atoms with E-state index in [0.29, 0.717) is 12.2 Å². The van der Waals surface area contributed by atoms with Crippen molar-refractivity contribution in [3.8, 4) is 0 Å². The van der Waals surface area contributed by atoms with Crippen LogP contribution in [0.4, 0.5) is 5.82 Å². The van der Waals surface area contributed by atoms with Gasteiger partial charge in [-0.15, -0.1) is 0 Å². The van der Waals surface area contributed by atoms with Crippen LogP contribution >= 0.6 is 0 Å². The van der Waals surface area contributed by atoms with Gasteiger partial charge < -0.3 is 5.32 Å². The number of nitrogens with one attached hydrogen (secondary N) is 1. The number of anilines is 1. The van der Waals surface area contributed by atoms with Crippen LogP contribution in [0.3, 0.4) is 0 Å². The maximum Gasteiger partial charge on any atom is 0.180 e. The van der Waals surface area contributed by atoms with Crippen LogP contribution in [0.15, 0.2) is 36.8 Å². The first-order chi connectivity index (χ1) is 8.81. The van der Waals surface area contributed by atoms with Crippen molar-refractivity contribution in [2.24, 2.45) is 7.05 Å². The summed E-state index contributed by atoms with van der Waals surface area (Å²) in [5.41, 5.74) is 2.41. The lowest BCUT2D eigenvalue weighted by Crippen LogP contribution is -2.03. The zero-order valence-corrected chi connectivity index (χ0v) is 9.91. The Labute approximate surface area is 104 Å². The predicted octanol–water partition coefficient (Wildman–Crippen LogP) is 1.37. The SMILES string of the molecule is Cn1ccc(CNc2ccc3nccnc3n2)n1. The van der Waals surface area contributed by atoms with Gasteiger partial charge in [-0.05, 0) is 18.2 Å². The maximum absolute atomic E-state index is 4.38. The number of aromatic nitrogens is 5. The lowest BCUT2D eigenvalue weighted by atomic mass is 10.4. The summed E-state index contributed by atoms with van der Waals surface area (Å²) in [4.78, 5) is 12.7. The van der Waals surface area contributed by atoms with Gasteiger partial charge in [-0.3, -0.25) is 9.67 Å². The Morgan fingerprint density at radius 3 is 2.89 bits per heavy atom. The quantitative estimate of drug-likeness (QED) is 0.748. The summed E-state index contributed by atoms with van der Waals surface area (Å²) in [6.45, 7) is 0.639. The first-order valence-corrected chi connectivity index (χ1v) is 5.61. The van der Waals surface area contributed by atoms with Gasteiger partial charge in [0.25, 0.3) is 0 Å². The number of aryl methyl sites for hydroxylation is 1. The number of pyridine rings is 1. The van der Waals surface area contributed by atoms with Crippen LogP contribution in [0.5, 0.6) is 0 Å². The predicted molar refractivity (Wildman–Crippen MR) is 67.9 cm³/mol. The van der Waals surface area contributed by atoms with Crippen molar-refractivity contribution in [2.75, 3.05) is 5.32 Å². The van der Waals surface area contributed by atoms with E-state index >= 15 is 0 Å². The molecule has 0 fully saturated rings. The summed E-state index contributed by atoms with van der Waals surface area (Å²) in [5.74, 6) is 0.772. The van der Waals surface area contributed by atoms with Crippen molar-refractivity contribution in [3.63, 3.8) is 0 Å². The summed E-state index contributed by atoms with van der Waals surface area (Å²) in [5, 5.41) is 7.50. The van der Waals surface area contributed by atoms with Crippen LogP contribution in [0.2, 0.25) is 0 Å². The molecule has 90 valence electrons. The average molecular weight is 240 g/mol. The summed E-state index contributed by atoms with van der Waals surface area (Å²) >= 11 is 0. The fraction of sp³-hybridized carbons (Fsp3) is 0.167. The summed E-state index contributed by atoms with van der Waals surface area (Å²) < 4.78 is 1.77. The molecular weight excluding hydrogens is 228 g/mol. The van der Waals surface area contributed by atoms with Gasteiger partial charge in [-0.2, -0.15) is 5.10 Å². The van der Waals surface area contributed by atoms with E-state index in [1.165, 1.54) is 0 Å². The van der Waals surface area contributed by atoms with Gasteiger partial charge in [-0.1, -0.05) is 0 Å². The normalized spacial score (nSPS) is 10.7. The fourth-order valence-electron chi connectivity index (χ4n) is 1.69. The molecule has 0 aliphatic heterocycles. The van der Waals surface area contributed by atoms with Gasteiger partial charge in [0.2, 0.25) is 0 Å². The maximum atomic E-state index is 4.38. The van der Waals surface area contributed by atoms with Crippen molar-refractivity contribution >= 4 is 17.0 Å². The molecule has 6 nitrogen and oxygen atoms in total. The molecule has 0 aliphatic carbocycles. The number of hydrogen-bond donors (Lipinski definition) is 1. The molecule has 0 saturated carbocycles. The van der Waals surface area contributed by atoms with Gasteiger partial charge in [0.15, 0.2) is 5.65 Å². The molecule has 3 aromatic rings. The largest absolute Gasteiger partial charge is 0.364 e. The fourth-order valence-corrected chi connectivity index (χ4v) is 1.69. The molecule has 0 unspecified atom stereocenters. The molecule has 1 N–H and O–H groups in total. The van der Waals surface area contributed by atoms with E-state index in [2.05, 4.69) is 25.4 Å². The van der Waals surface area contributed by atoms with Crippen LogP contribution < -0.4 is 5.32 Å². The number of hydrogen-bond acceptors (Lipinski definition) is 5. The van der Waals surface area contributed by atoms with E-state index < -0.39 is 0 Å². The number of rotatable bonds is 3. The first kappa shape index (κ1) is 10.6. The highest BCUT2D eigenvalue weighted by atomic mass is 15.3. The Balaban J connectivity index is 1.78. The van der Waals surface area contributed by atoms with Crippen LogP contribution in [-0.2, 0) is 13.6 Å². The zero-order valence-electron chi connectivity index (χ0n) is 9.91. The Morgan fingerprint density at radius 1 is 1.17 bits per heavy atom. The van der Waals surface area contributed by atoms with E-state index in [9.17, 15) is 0 Å². The third-order valence-corrected chi connectivity index (χ3v) is 2.55. The van der Waals surface area contributed by atoms with Crippen LogP contribution in [0, 0.1) is 0 Å². The molecule has 0 amide bonds. The minimum absolute atomic E-state index is 0.639. The Morgan fingerprint density at radius 2 is 2.06 bits per heavy atom. The highest BCUT2D eigenvalue weighted by molar-refractivity contribution is 5.71. The smallest absolute Gasteiger partial charge is 0.180 e. The van der Waals surface area contributed by atoms with Crippen LogP contribution in [-0.4, -0.2) is 24.7 Å². The lowest BCUT2D eigenvalue weighted by Gasteiger charge is -2.03. The molecular formula is C12H12N6. The van der Waals surface area contributed by atoms with Gasteiger partial charge in [0.05, 0.1) is 12.2 Å². The van der Waals surface area contributed by atoms with Gasteiger partial charge in [0.1, 0.15) is 11.3 Å². The zero-order chi connectivity index (χ0) is 12.4. The van der Waals surface area contributed by atoms with E-state index in [-0.39, 0.29) is 0 Å². The van der Waals surface area contributed by atoms with Crippen molar-refractivity contribution in [2.45, 2.75) is 6.54 Å². The number of fused-ring (bicyclic) bond motifs is 1. The van der Waals surface area contributed by atoms with E-state index in [4.69, 9.17) is 0 Å². The summed E-state index contributed by atoms with van der Waals surface area (Å²) in [6.07, 6.45) is 5.21. The van der Waals surface area contributed by atoms with Gasteiger partial charge in [0, 0.05) is 25.6 Å². The molecule has 18 heavy (non-hydrogen) atoms. The van der Waals surface area contributed by atoms with Crippen LogP contribution in [0.25, 0.3) is 11.2 Å². The molecule has 0 atom stereocenters. The van der Waals surface area contributed by atoms with Crippen molar-refractivity contribution in [1.82, 2.24) is 24.7 Å². The second-order valence-electron chi connectivity index (χ2n) is 3.93. The lowest BCUT2D eigenvalue weighted by molar-refractivity contribution is 0.747. The van der Waals surface area contributed by atoms with Gasteiger partial charge in [-0.25, -0.2) is 9.97 Å². The highest BCUT2D eigenvalue weighted by Crippen LogP contribution is 2.10. The van der Waals surface area contributed by atoms with E-state index in [1.54, 1.807) is 17.1 Å². The third kappa shape index (κ3) is 2.13. The van der Waals surface area contributed by atoms with Crippen molar-refractivity contribution < 1.29 is 0 Å². The second kappa shape index (κ2) is 4.40. The van der Waals surface area contributed by atoms with Crippen LogP contribution in [0.1, 0.15) is 5.69 Å². The molecule has 0 aromatic carbocycles. The Bertz CT molecular complexity index is 675. The highest BCUT2D eigenvalue weighted by Gasteiger charge is 2.01. The number of nitrogens with zero attached hydrogens (tertiary/aromatic N) is 5. The monoisotopic (exact) mass is 240 g/mol. The standard InChI is InChI=1S/C12H12N6/c1-18-7-4-9(17-18)8-15-11-3-2-10-12(16-11)14-6-5-13-10/h2-7H,8H2,1H3,(H,14,15,16). The molecule has 0 spiro atoms. The van der Waals surface area contributed by atoms with Gasteiger partial charge >= 0.3 is 0 Å². The molecule has 3 aromatic heterocycles. The Kier molecular flexibility index (Phi) is 2.60. The minimum atomic E-state index is 0.639. The molecule has 3 rings (SSSR count). The van der Waals surface area contributed by atoms with E-state index in [0.717, 1.165) is 17.0 Å². The molecule has 0 radical (unpaired) electrons. The van der Waals surface area contributed by atoms with Crippen molar-refractivity contribution in [3.05, 3.63) is 42.5 Å². The molecule has 0 aliphatic rings. The molecule has 0 saturated heterocycles. The summed E-state index contributed by atoms with van der Waals surface area (Å²) in [7, 11) is 1.90. The third-order valence-electron chi connectivity index (χ3n) is 2.55. The Hall–Kier alpha value is -2.50. The first-order valence-electron chi connectivity index (χ1n) is 5.61. The average Bonchev–Trinajstić information content (AvgIpc) is 2.82. The topological polar surface area (TPSA) is 68.5 Å². The molecule has 0 bridgehead atoms.